The molecule has 1 heterocycles. The van der Waals surface area contributed by atoms with Gasteiger partial charge in [-0.25, -0.2) is 4.79 Å². The highest BCUT2D eigenvalue weighted by atomic mass is 16.6. The predicted octanol–water partition coefficient (Wildman–Crippen LogP) is 3.63. The molecule has 2 amide bonds. The largest absolute Gasteiger partial charge is 0.444 e. The number of carbonyl (C=O) groups is 2. The van der Waals surface area contributed by atoms with Gasteiger partial charge in [-0.15, -0.1) is 0 Å². The van der Waals surface area contributed by atoms with E-state index in [1.807, 2.05) is 57.7 Å². The Hall–Kier alpha value is -2.04. The first-order valence-corrected chi connectivity index (χ1v) is 9.48. The van der Waals surface area contributed by atoms with Gasteiger partial charge in [0.25, 0.3) is 0 Å². The monoisotopic (exact) mass is 360 g/mol. The Morgan fingerprint density at radius 2 is 1.88 bits per heavy atom. The lowest BCUT2D eigenvalue weighted by Crippen LogP contribution is -2.51. The van der Waals surface area contributed by atoms with Crippen LogP contribution in [-0.2, 0) is 16.0 Å². The second-order valence-corrected chi connectivity index (χ2v) is 8.50. The van der Waals surface area contributed by atoms with Crippen LogP contribution in [0, 0.1) is 11.8 Å². The van der Waals surface area contributed by atoms with E-state index in [4.69, 9.17) is 4.74 Å². The Morgan fingerprint density at radius 3 is 2.46 bits per heavy atom. The van der Waals surface area contributed by atoms with E-state index in [-0.39, 0.29) is 11.8 Å². The van der Waals surface area contributed by atoms with Crippen molar-refractivity contribution in [2.45, 2.75) is 59.1 Å². The molecular weight excluding hydrogens is 328 g/mol. The molecule has 5 nitrogen and oxygen atoms in total. The lowest BCUT2D eigenvalue weighted by Gasteiger charge is -2.28. The Kier molecular flexibility index (Phi) is 6.68. The summed E-state index contributed by atoms with van der Waals surface area (Å²) in [6.07, 6.45) is 1.44. The smallest absolute Gasteiger partial charge is 0.408 e. The molecule has 1 aromatic carbocycles. The molecule has 0 spiro atoms. The Balaban J connectivity index is 1.93. The molecule has 26 heavy (non-hydrogen) atoms. The Morgan fingerprint density at radius 1 is 1.23 bits per heavy atom. The van der Waals surface area contributed by atoms with Crippen LogP contribution in [0.25, 0.3) is 0 Å². The molecule has 1 fully saturated rings. The number of nitrogens with zero attached hydrogens (tertiary/aromatic N) is 1. The van der Waals surface area contributed by atoms with Crippen LogP contribution in [0.3, 0.4) is 0 Å². The normalized spacial score (nSPS) is 18.7. The quantitative estimate of drug-likeness (QED) is 0.872. The minimum atomic E-state index is -0.580. The number of amides is 2. The van der Waals surface area contributed by atoms with Crippen molar-refractivity contribution in [3.05, 3.63) is 35.9 Å². The fourth-order valence-corrected chi connectivity index (χ4v) is 3.29. The van der Waals surface area contributed by atoms with Gasteiger partial charge in [-0.05, 0) is 51.0 Å². The third-order valence-electron chi connectivity index (χ3n) is 4.57. The van der Waals surface area contributed by atoms with Crippen molar-refractivity contribution < 1.29 is 14.3 Å². The lowest BCUT2D eigenvalue weighted by atomic mass is 9.99. The first kappa shape index (κ1) is 20.3. The molecule has 1 unspecified atom stereocenters. The summed E-state index contributed by atoms with van der Waals surface area (Å²) in [6, 6.07) is 9.82. The van der Waals surface area contributed by atoms with Gasteiger partial charge in [-0.3, -0.25) is 4.79 Å². The van der Waals surface area contributed by atoms with E-state index in [0.29, 0.717) is 5.92 Å². The van der Waals surface area contributed by atoms with Crippen LogP contribution in [0.15, 0.2) is 30.3 Å². The Bertz CT molecular complexity index is 607. The topological polar surface area (TPSA) is 58.6 Å². The molecule has 1 aliphatic heterocycles. The van der Waals surface area contributed by atoms with Crippen LogP contribution in [0.4, 0.5) is 4.79 Å². The fraction of sp³-hybridized carbons (Fsp3) is 0.619. The fourth-order valence-electron chi connectivity index (χ4n) is 3.29. The molecule has 144 valence electrons. The maximum absolute atomic E-state index is 12.9. The minimum Gasteiger partial charge on any atom is -0.444 e. The van der Waals surface area contributed by atoms with E-state index in [1.54, 1.807) is 0 Å². The molecule has 2 atom stereocenters. The van der Waals surface area contributed by atoms with Gasteiger partial charge in [-0.2, -0.15) is 0 Å². The van der Waals surface area contributed by atoms with Gasteiger partial charge < -0.3 is 15.0 Å². The van der Waals surface area contributed by atoms with Crippen molar-refractivity contribution in [2.24, 2.45) is 11.8 Å². The number of carbonyl (C=O) groups excluding carboxylic acids is 2. The number of likely N-dealkylation sites (tertiary alicyclic amines) is 1. The third-order valence-corrected chi connectivity index (χ3v) is 4.57. The van der Waals surface area contributed by atoms with Gasteiger partial charge in [0, 0.05) is 13.1 Å². The number of rotatable bonds is 5. The van der Waals surface area contributed by atoms with E-state index < -0.39 is 17.7 Å². The number of alkyl carbamates (subject to hydrolysis) is 1. The van der Waals surface area contributed by atoms with Gasteiger partial charge in [0.1, 0.15) is 11.6 Å². The first-order chi connectivity index (χ1) is 12.2. The van der Waals surface area contributed by atoms with Crippen LogP contribution in [-0.4, -0.2) is 41.6 Å². The van der Waals surface area contributed by atoms with E-state index in [1.165, 1.54) is 5.56 Å². The summed E-state index contributed by atoms with van der Waals surface area (Å²) >= 11 is 0. The molecule has 1 aromatic rings. The molecule has 0 aliphatic carbocycles. The molecule has 0 bridgehead atoms. The lowest BCUT2D eigenvalue weighted by molar-refractivity contribution is -0.133. The molecule has 1 saturated heterocycles. The minimum absolute atomic E-state index is 0.00296. The van der Waals surface area contributed by atoms with E-state index in [9.17, 15) is 9.59 Å². The number of ether oxygens (including phenoxy) is 1. The molecule has 5 heteroatoms. The number of hydrogen-bond acceptors (Lipinski definition) is 3. The van der Waals surface area contributed by atoms with Gasteiger partial charge in [-0.1, -0.05) is 44.2 Å². The molecule has 1 aliphatic rings. The number of hydrogen-bond donors (Lipinski definition) is 1. The van der Waals surface area contributed by atoms with Crippen LogP contribution in [0.2, 0.25) is 0 Å². The van der Waals surface area contributed by atoms with Gasteiger partial charge in [0.15, 0.2) is 0 Å². The zero-order valence-corrected chi connectivity index (χ0v) is 16.6. The maximum atomic E-state index is 12.9. The number of nitrogens with one attached hydrogen (secondary N) is 1. The maximum Gasteiger partial charge on any atom is 0.408 e. The first-order valence-electron chi connectivity index (χ1n) is 9.48. The highest BCUT2D eigenvalue weighted by molar-refractivity contribution is 5.86. The van der Waals surface area contributed by atoms with Gasteiger partial charge >= 0.3 is 6.09 Å². The summed E-state index contributed by atoms with van der Waals surface area (Å²) in [5.74, 6) is 0.459. The van der Waals surface area contributed by atoms with E-state index in [2.05, 4.69) is 17.4 Å². The predicted molar refractivity (Wildman–Crippen MR) is 103 cm³/mol. The summed E-state index contributed by atoms with van der Waals surface area (Å²) in [6.45, 7) is 10.8. The summed E-state index contributed by atoms with van der Waals surface area (Å²) in [5, 5.41) is 2.76. The van der Waals surface area contributed by atoms with Crippen molar-refractivity contribution in [1.29, 1.82) is 0 Å². The standard InChI is InChI=1S/C21H32N2O3/c1-15(2)18(22-20(25)26-21(3,4)5)19(24)23-12-11-17(14-23)13-16-9-7-6-8-10-16/h6-10,15,17-18H,11-14H2,1-5H3,(H,22,25)/t17?,18-/m0/s1. The van der Waals surface area contributed by atoms with E-state index in [0.717, 1.165) is 25.9 Å². The SMILES string of the molecule is CC(C)[C@H](NC(=O)OC(C)(C)C)C(=O)N1CCC(Cc2ccccc2)C1. The van der Waals surface area contributed by atoms with Gasteiger partial charge in [0.2, 0.25) is 5.91 Å². The van der Waals surface area contributed by atoms with Crippen LogP contribution in [0.1, 0.15) is 46.6 Å². The number of benzene rings is 1. The molecule has 0 aromatic heterocycles. The third kappa shape index (κ3) is 6.04. The zero-order chi connectivity index (χ0) is 19.3. The van der Waals surface area contributed by atoms with Crippen LogP contribution >= 0.6 is 0 Å². The molecule has 2 rings (SSSR count). The van der Waals surface area contributed by atoms with Crippen molar-refractivity contribution in [3.63, 3.8) is 0 Å². The summed E-state index contributed by atoms with van der Waals surface area (Å²) < 4.78 is 5.31. The zero-order valence-electron chi connectivity index (χ0n) is 16.6. The van der Waals surface area contributed by atoms with Crippen molar-refractivity contribution in [1.82, 2.24) is 10.2 Å². The highest BCUT2D eigenvalue weighted by Crippen LogP contribution is 2.22. The Labute approximate surface area is 157 Å². The molecular formula is C21H32N2O3. The molecule has 1 N–H and O–H groups in total. The van der Waals surface area contributed by atoms with Gasteiger partial charge in [0.05, 0.1) is 0 Å². The second-order valence-electron chi connectivity index (χ2n) is 8.50. The van der Waals surface area contributed by atoms with Crippen molar-refractivity contribution in [2.75, 3.05) is 13.1 Å². The average molecular weight is 360 g/mol. The van der Waals surface area contributed by atoms with Crippen molar-refractivity contribution >= 4 is 12.0 Å². The van der Waals surface area contributed by atoms with E-state index >= 15 is 0 Å². The average Bonchev–Trinajstić information content (AvgIpc) is 2.99. The summed E-state index contributed by atoms with van der Waals surface area (Å²) in [7, 11) is 0. The highest BCUT2D eigenvalue weighted by Gasteiger charge is 2.34. The second kappa shape index (κ2) is 8.56. The van der Waals surface area contributed by atoms with Crippen LogP contribution in [0.5, 0.6) is 0 Å². The summed E-state index contributed by atoms with van der Waals surface area (Å²) in [4.78, 5) is 26.9. The van der Waals surface area contributed by atoms with Crippen LogP contribution < -0.4 is 5.32 Å². The molecule has 0 radical (unpaired) electrons. The molecule has 0 saturated carbocycles. The summed E-state index contributed by atoms with van der Waals surface area (Å²) in [5.41, 5.74) is 0.724. The van der Waals surface area contributed by atoms with Crippen molar-refractivity contribution in [3.8, 4) is 0 Å².